The Morgan fingerprint density at radius 3 is 2.38 bits per heavy atom. The molecule has 0 spiro atoms. The van der Waals surface area contributed by atoms with Gasteiger partial charge >= 0.3 is 6.18 Å². The summed E-state index contributed by atoms with van der Waals surface area (Å²) in [6, 6.07) is 4.94. The van der Waals surface area contributed by atoms with Gasteiger partial charge in [-0.2, -0.15) is 13.2 Å². The van der Waals surface area contributed by atoms with Gasteiger partial charge in [-0.25, -0.2) is 4.99 Å². The molecular weight excluding hydrogens is 219 g/mol. The molecule has 1 aliphatic rings. The zero-order valence-electron chi connectivity index (χ0n) is 8.51. The molecule has 1 atom stereocenters. The van der Waals surface area contributed by atoms with Crippen LogP contribution in [0.4, 0.5) is 13.2 Å². The van der Waals surface area contributed by atoms with Crippen LogP contribution in [0.25, 0.3) is 0 Å². The first-order valence-corrected chi connectivity index (χ1v) is 4.68. The second kappa shape index (κ2) is 3.50. The number of nitrogens with zero attached hydrogens (tertiary/aromatic N) is 1. The quantitative estimate of drug-likeness (QED) is 0.724. The molecule has 0 bridgehead atoms. The van der Waals surface area contributed by atoms with Crippen molar-refractivity contribution in [3.05, 3.63) is 35.4 Å². The lowest BCUT2D eigenvalue weighted by Crippen LogP contribution is -2.20. The molecule has 16 heavy (non-hydrogen) atoms. The molecule has 0 N–H and O–H groups in total. The van der Waals surface area contributed by atoms with Crippen LogP contribution in [0.3, 0.4) is 0 Å². The van der Waals surface area contributed by atoms with Crippen molar-refractivity contribution in [1.82, 2.24) is 0 Å². The molecule has 0 amide bonds. The van der Waals surface area contributed by atoms with Gasteiger partial charge in [0.25, 0.3) is 6.40 Å². The Balaban J connectivity index is 2.29. The van der Waals surface area contributed by atoms with E-state index < -0.39 is 17.3 Å². The molecule has 0 aromatic heterocycles. The van der Waals surface area contributed by atoms with E-state index in [1.165, 1.54) is 12.1 Å². The number of aliphatic imine (C=N–C) groups is 1. The Labute approximate surface area is 90.8 Å². The second-order valence-electron chi connectivity index (χ2n) is 3.84. The smallest absolute Gasteiger partial charge is 0.416 e. The molecular formula is C11H9F3NO. The summed E-state index contributed by atoms with van der Waals surface area (Å²) in [6.45, 7) is 2.09. The fraction of sp³-hybridized carbons (Fsp3) is 0.364. The third-order valence-corrected chi connectivity index (χ3v) is 2.54. The number of hydrogen-bond acceptors (Lipinski definition) is 2. The zero-order valence-corrected chi connectivity index (χ0v) is 8.51. The van der Waals surface area contributed by atoms with E-state index in [2.05, 4.69) is 11.4 Å². The fourth-order valence-corrected chi connectivity index (χ4v) is 1.50. The van der Waals surface area contributed by atoms with Gasteiger partial charge < -0.3 is 4.74 Å². The van der Waals surface area contributed by atoms with Crippen LogP contribution in [0, 0.1) is 0 Å². The molecule has 0 saturated heterocycles. The predicted octanol–water partition coefficient (Wildman–Crippen LogP) is 2.86. The van der Waals surface area contributed by atoms with Crippen molar-refractivity contribution < 1.29 is 17.9 Å². The summed E-state index contributed by atoms with van der Waals surface area (Å²) in [6.07, 6.45) is -1.95. The summed E-state index contributed by atoms with van der Waals surface area (Å²) in [7, 11) is 0. The fourth-order valence-electron chi connectivity index (χ4n) is 1.50. The number of halogens is 3. The van der Waals surface area contributed by atoms with Gasteiger partial charge in [0.2, 0.25) is 0 Å². The van der Waals surface area contributed by atoms with Crippen LogP contribution < -0.4 is 0 Å². The van der Waals surface area contributed by atoms with Crippen molar-refractivity contribution in [2.75, 3.05) is 6.61 Å². The Morgan fingerprint density at radius 1 is 1.31 bits per heavy atom. The minimum Gasteiger partial charge on any atom is -0.471 e. The van der Waals surface area contributed by atoms with Gasteiger partial charge in [0.05, 0.1) is 5.56 Å². The maximum Gasteiger partial charge on any atom is 0.416 e. The van der Waals surface area contributed by atoms with E-state index in [4.69, 9.17) is 4.74 Å². The van der Waals surface area contributed by atoms with E-state index in [1.54, 1.807) is 6.92 Å². The second-order valence-corrected chi connectivity index (χ2v) is 3.84. The van der Waals surface area contributed by atoms with Crippen molar-refractivity contribution in [3.8, 4) is 0 Å². The molecule has 1 radical (unpaired) electrons. The SMILES string of the molecule is CC1(c2ccc(C(F)(F)F)cc2)CO[C]=N1. The number of hydrogen-bond donors (Lipinski definition) is 0. The standard InChI is InChI=1S/C11H9F3NO/c1-10(6-16-7-15-10)8-2-4-9(5-3-8)11(12,13)14/h2-5H,6H2,1H3. The van der Waals surface area contributed by atoms with Crippen LogP contribution in [-0.2, 0) is 16.5 Å². The lowest BCUT2D eigenvalue weighted by Gasteiger charge is -2.19. The first kappa shape index (κ1) is 11.0. The highest BCUT2D eigenvalue weighted by molar-refractivity contribution is 5.52. The van der Waals surface area contributed by atoms with Crippen LogP contribution in [0.15, 0.2) is 29.3 Å². The molecule has 2 rings (SSSR count). The van der Waals surface area contributed by atoms with E-state index >= 15 is 0 Å². The lowest BCUT2D eigenvalue weighted by atomic mass is 9.93. The summed E-state index contributed by atoms with van der Waals surface area (Å²) in [5.74, 6) is 0. The van der Waals surface area contributed by atoms with Gasteiger partial charge in [0.1, 0.15) is 12.1 Å². The Bertz CT molecular complexity index is 410. The van der Waals surface area contributed by atoms with Crippen LogP contribution >= 0.6 is 0 Å². The van der Waals surface area contributed by atoms with Crippen molar-refractivity contribution in [2.45, 2.75) is 18.6 Å². The minimum atomic E-state index is -4.30. The van der Waals surface area contributed by atoms with Crippen molar-refractivity contribution in [3.63, 3.8) is 0 Å². The molecule has 0 fully saturated rings. The number of alkyl halides is 3. The van der Waals surface area contributed by atoms with Crippen molar-refractivity contribution in [2.24, 2.45) is 4.99 Å². The molecule has 0 saturated carbocycles. The monoisotopic (exact) mass is 228 g/mol. The molecule has 0 aliphatic carbocycles. The van der Waals surface area contributed by atoms with Gasteiger partial charge in [-0.3, -0.25) is 0 Å². The van der Waals surface area contributed by atoms with Gasteiger partial charge in [0, 0.05) is 0 Å². The van der Waals surface area contributed by atoms with Crippen LogP contribution in [0.2, 0.25) is 0 Å². The van der Waals surface area contributed by atoms with Gasteiger partial charge in [-0.1, -0.05) is 12.1 Å². The molecule has 5 heteroatoms. The van der Waals surface area contributed by atoms with Gasteiger partial charge in [-0.15, -0.1) is 0 Å². The van der Waals surface area contributed by atoms with Gasteiger partial charge in [-0.05, 0) is 24.6 Å². The Morgan fingerprint density at radius 2 is 1.94 bits per heavy atom. The number of benzene rings is 1. The minimum absolute atomic E-state index is 0.304. The molecule has 1 aromatic rings. The summed E-state index contributed by atoms with van der Waals surface area (Å²) in [5.41, 5.74) is -0.596. The molecule has 1 aromatic carbocycles. The van der Waals surface area contributed by atoms with Gasteiger partial charge in [0.15, 0.2) is 0 Å². The van der Waals surface area contributed by atoms with E-state index in [0.717, 1.165) is 12.1 Å². The van der Waals surface area contributed by atoms with Crippen LogP contribution in [0.5, 0.6) is 0 Å². The third-order valence-electron chi connectivity index (χ3n) is 2.54. The van der Waals surface area contributed by atoms with E-state index in [1.807, 2.05) is 0 Å². The maximum atomic E-state index is 12.3. The van der Waals surface area contributed by atoms with E-state index in [0.29, 0.717) is 12.2 Å². The third kappa shape index (κ3) is 1.89. The average molecular weight is 228 g/mol. The zero-order chi connectivity index (χ0) is 11.8. The van der Waals surface area contributed by atoms with E-state index in [9.17, 15) is 13.2 Å². The van der Waals surface area contributed by atoms with Crippen molar-refractivity contribution >= 4 is 6.40 Å². The number of ether oxygens (including phenoxy) is 1. The molecule has 85 valence electrons. The summed E-state index contributed by atoms with van der Waals surface area (Å²) in [4.78, 5) is 3.98. The Hall–Kier alpha value is -1.52. The summed E-state index contributed by atoms with van der Waals surface area (Å²) >= 11 is 0. The highest BCUT2D eigenvalue weighted by atomic mass is 19.4. The normalized spacial score (nSPS) is 24.5. The molecule has 1 unspecified atom stereocenters. The number of rotatable bonds is 1. The first-order valence-electron chi connectivity index (χ1n) is 4.68. The largest absolute Gasteiger partial charge is 0.471 e. The van der Waals surface area contributed by atoms with Crippen molar-refractivity contribution in [1.29, 1.82) is 0 Å². The van der Waals surface area contributed by atoms with Crippen LogP contribution in [0.1, 0.15) is 18.1 Å². The molecule has 1 aliphatic heterocycles. The molecule has 2 nitrogen and oxygen atoms in total. The molecule has 1 heterocycles. The summed E-state index contributed by atoms with van der Waals surface area (Å²) in [5, 5.41) is 0. The summed E-state index contributed by atoms with van der Waals surface area (Å²) < 4.78 is 41.9. The average Bonchev–Trinajstić information content (AvgIpc) is 2.66. The lowest BCUT2D eigenvalue weighted by molar-refractivity contribution is -0.137. The Kier molecular flexibility index (Phi) is 2.40. The predicted molar refractivity (Wildman–Crippen MR) is 52.2 cm³/mol. The topological polar surface area (TPSA) is 21.6 Å². The highest BCUT2D eigenvalue weighted by Gasteiger charge is 2.33. The van der Waals surface area contributed by atoms with Crippen LogP contribution in [-0.4, -0.2) is 13.0 Å². The highest BCUT2D eigenvalue weighted by Crippen LogP contribution is 2.33. The first-order chi connectivity index (χ1) is 7.42. The maximum absolute atomic E-state index is 12.3. The van der Waals surface area contributed by atoms with E-state index in [-0.39, 0.29) is 0 Å².